The third-order valence-corrected chi connectivity index (χ3v) is 3.30. The van der Waals surface area contributed by atoms with Crippen LogP contribution in [0.25, 0.3) is 0 Å². The van der Waals surface area contributed by atoms with E-state index in [1.165, 1.54) is 4.90 Å². The van der Waals surface area contributed by atoms with E-state index in [-0.39, 0.29) is 6.03 Å². The van der Waals surface area contributed by atoms with Crippen molar-refractivity contribution in [1.82, 2.24) is 14.9 Å². The zero-order valence-corrected chi connectivity index (χ0v) is 16.2. The van der Waals surface area contributed by atoms with Gasteiger partial charge in [0.1, 0.15) is 5.82 Å². The molecule has 4 heteroatoms. The van der Waals surface area contributed by atoms with Crippen molar-refractivity contribution in [3.05, 3.63) is 85.4 Å². The number of carbonyl (C=O) groups excluding carboxylic acids is 1. The summed E-state index contributed by atoms with van der Waals surface area (Å²) in [6.07, 6.45) is 5.13. The molecule has 0 radical (unpaired) electrons. The minimum absolute atomic E-state index is 0.124. The number of benzene rings is 1. The molecule has 136 valence electrons. The molecule has 0 bridgehead atoms. The average Bonchev–Trinajstić information content (AvgIpc) is 2.88. The summed E-state index contributed by atoms with van der Waals surface area (Å²) < 4.78 is 0. The zero-order chi connectivity index (χ0) is 19.4. The Labute approximate surface area is 153 Å². The number of allylic oxidation sites excluding steroid dienone is 3. The molecule has 0 spiro atoms. The third-order valence-electron chi connectivity index (χ3n) is 3.30. The van der Waals surface area contributed by atoms with Crippen LogP contribution in [0.2, 0.25) is 0 Å². The van der Waals surface area contributed by atoms with Crippen LogP contribution in [0.5, 0.6) is 0 Å². The maximum Gasteiger partial charge on any atom is 0.344 e. The fourth-order valence-electron chi connectivity index (χ4n) is 2.18. The molecule has 1 aromatic carbocycles. The molecule has 1 saturated heterocycles. The van der Waals surface area contributed by atoms with Crippen molar-refractivity contribution in [2.45, 2.75) is 34.2 Å². The molecule has 0 aliphatic carbocycles. The lowest BCUT2D eigenvalue weighted by Gasteiger charge is -2.28. The topological polar surface area (TPSA) is 26.8 Å². The maximum atomic E-state index is 12.4. The third kappa shape index (κ3) is 5.38. The minimum atomic E-state index is -0.124. The van der Waals surface area contributed by atoms with Crippen LogP contribution in [-0.4, -0.2) is 28.0 Å². The van der Waals surface area contributed by atoms with Crippen LogP contribution in [0.3, 0.4) is 0 Å². The van der Waals surface area contributed by atoms with Crippen LogP contribution in [0.15, 0.2) is 79.8 Å². The van der Waals surface area contributed by atoms with Gasteiger partial charge in [0.25, 0.3) is 0 Å². The van der Waals surface area contributed by atoms with Gasteiger partial charge in [-0.15, -0.1) is 0 Å². The lowest BCUT2D eigenvalue weighted by molar-refractivity contribution is 0.107. The summed E-state index contributed by atoms with van der Waals surface area (Å²) in [7, 11) is 1.71. The SMILES string of the molecule is C=C/C=C(/C=C)N1C(=C)N(C)C(=O)N1Cc1ccccc1.CC.CC. The molecule has 25 heavy (non-hydrogen) atoms. The second kappa shape index (κ2) is 11.7. The van der Waals surface area contributed by atoms with Crippen LogP contribution < -0.4 is 0 Å². The fourth-order valence-corrected chi connectivity index (χ4v) is 2.18. The number of hydrogen-bond donors (Lipinski definition) is 0. The molecule has 4 nitrogen and oxygen atoms in total. The normalized spacial score (nSPS) is 13.6. The molecule has 0 saturated carbocycles. The van der Waals surface area contributed by atoms with Gasteiger partial charge in [-0.2, -0.15) is 0 Å². The molecule has 2 amide bonds. The molecular formula is C21H31N3O. The first kappa shape index (κ1) is 22.2. The lowest BCUT2D eigenvalue weighted by atomic mass is 10.2. The molecule has 0 aromatic heterocycles. The number of carbonyl (C=O) groups is 1. The van der Waals surface area contributed by atoms with Gasteiger partial charge < -0.3 is 0 Å². The van der Waals surface area contributed by atoms with E-state index in [2.05, 4.69) is 19.7 Å². The molecular weight excluding hydrogens is 310 g/mol. The molecule has 1 aromatic rings. The molecule has 2 rings (SSSR count). The van der Waals surface area contributed by atoms with Crippen molar-refractivity contribution >= 4 is 6.03 Å². The van der Waals surface area contributed by atoms with E-state index in [4.69, 9.17) is 0 Å². The monoisotopic (exact) mass is 341 g/mol. The summed E-state index contributed by atoms with van der Waals surface area (Å²) >= 11 is 0. The van der Waals surface area contributed by atoms with Gasteiger partial charge in [0.05, 0.1) is 12.2 Å². The quantitative estimate of drug-likeness (QED) is 0.656. The van der Waals surface area contributed by atoms with Gasteiger partial charge in [-0.1, -0.05) is 83.8 Å². The van der Waals surface area contributed by atoms with Crippen molar-refractivity contribution in [1.29, 1.82) is 0 Å². The Morgan fingerprint density at radius 1 is 1.08 bits per heavy atom. The number of nitrogens with zero attached hydrogens (tertiary/aromatic N) is 3. The van der Waals surface area contributed by atoms with Crippen molar-refractivity contribution in [3.8, 4) is 0 Å². The molecule has 1 fully saturated rings. The van der Waals surface area contributed by atoms with Crippen LogP contribution in [-0.2, 0) is 6.54 Å². The van der Waals surface area contributed by atoms with Gasteiger partial charge in [0, 0.05) is 7.05 Å². The summed E-state index contributed by atoms with van der Waals surface area (Å²) in [5, 5.41) is 3.39. The lowest BCUT2D eigenvalue weighted by Crippen LogP contribution is -2.36. The first-order valence-electron chi connectivity index (χ1n) is 8.63. The highest BCUT2D eigenvalue weighted by molar-refractivity contribution is 5.78. The van der Waals surface area contributed by atoms with Crippen LogP contribution in [0, 0.1) is 0 Å². The van der Waals surface area contributed by atoms with E-state index in [0.717, 1.165) is 11.3 Å². The van der Waals surface area contributed by atoms with Crippen molar-refractivity contribution in [3.63, 3.8) is 0 Å². The highest BCUT2D eigenvalue weighted by Crippen LogP contribution is 2.28. The number of hydrazine groups is 1. The number of rotatable bonds is 5. The Morgan fingerprint density at radius 2 is 1.64 bits per heavy atom. The Morgan fingerprint density at radius 3 is 2.12 bits per heavy atom. The van der Waals surface area contributed by atoms with E-state index in [1.54, 1.807) is 35.3 Å². The van der Waals surface area contributed by atoms with Crippen molar-refractivity contribution in [2.24, 2.45) is 0 Å². The molecule has 1 heterocycles. The number of hydrogen-bond acceptors (Lipinski definition) is 2. The summed E-state index contributed by atoms with van der Waals surface area (Å²) in [4.78, 5) is 13.9. The molecule has 0 N–H and O–H groups in total. The van der Waals surface area contributed by atoms with E-state index in [1.807, 2.05) is 58.0 Å². The van der Waals surface area contributed by atoms with E-state index in [9.17, 15) is 4.79 Å². The summed E-state index contributed by atoms with van der Waals surface area (Å²) in [5.74, 6) is 0.587. The first-order valence-corrected chi connectivity index (χ1v) is 8.63. The highest BCUT2D eigenvalue weighted by atomic mass is 16.2. The summed E-state index contributed by atoms with van der Waals surface area (Å²) in [6, 6.07) is 9.69. The highest BCUT2D eigenvalue weighted by Gasteiger charge is 2.37. The van der Waals surface area contributed by atoms with Gasteiger partial charge >= 0.3 is 6.03 Å². The minimum Gasteiger partial charge on any atom is -0.281 e. The first-order chi connectivity index (χ1) is 12.1. The predicted octanol–water partition coefficient (Wildman–Crippen LogP) is 5.55. The van der Waals surface area contributed by atoms with Crippen molar-refractivity contribution in [2.75, 3.05) is 7.05 Å². The Balaban J connectivity index is 0.00000134. The van der Waals surface area contributed by atoms with E-state index >= 15 is 0 Å². The van der Waals surface area contributed by atoms with Crippen LogP contribution in [0.4, 0.5) is 4.79 Å². The molecule has 1 aliphatic rings. The largest absolute Gasteiger partial charge is 0.344 e. The number of urea groups is 1. The Bertz CT molecular complexity index is 605. The standard InChI is InChI=1S/C17H19N3O.2C2H6/c1-5-10-16(6-2)20-14(3)18(4)17(21)19(20)13-15-11-8-7-9-12-15;2*1-2/h5-12H,1-3,13H2,4H3;2*1-2H3/b16-10-;;. The molecule has 0 unspecified atom stereocenters. The molecule has 1 aliphatic heterocycles. The summed E-state index contributed by atoms with van der Waals surface area (Å²) in [6.45, 7) is 19.9. The van der Waals surface area contributed by atoms with E-state index in [0.29, 0.717) is 12.4 Å². The predicted molar refractivity (Wildman–Crippen MR) is 107 cm³/mol. The Kier molecular flexibility index (Phi) is 10.4. The Hall–Kier alpha value is -2.75. The second-order valence-corrected chi connectivity index (χ2v) is 4.64. The van der Waals surface area contributed by atoms with Gasteiger partial charge in [-0.3, -0.25) is 4.90 Å². The second-order valence-electron chi connectivity index (χ2n) is 4.64. The van der Waals surface area contributed by atoms with Gasteiger partial charge in [-0.05, 0) is 17.7 Å². The van der Waals surface area contributed by atoms with Crippen LogP contribution >= 0.6 is 0 Å². The van der Waals surface area contributed by atoms with Crippen molar-refractivity contribution < 1.29 is 4.79 Å². The van der Waals surface area contributed by atoms with Gasteiger partial charge in [0.2, 0.25) is 0 Å². The fraction of sp³-hybridized carbons (Fsp3) is 0.286. The van der Waals surface area contributed by atoms with Crippen LogP contribution in [0.1, 0.15) is 33.3 Å². The average molecular weight is 341 g/mol. The maximum absolute atomic E-state index is 12.4. The van der Waals surface area contributed by atoms with Gasteiger partial charge in [-0.25, -0.2) is 14.8 Å². The zero-order valence-electron chi connectivity index (χ0n) is 16.2. The summed E-state index contributed by atoms with van der Waals surface area (Å²) in [5.41, 5.74) is 1.80. The smallest absolute Gasteiger partial charge is 0.281 e. The number of amides is 2. The molecule has 0 atom stereocenters. The van der Waals surface area contributed by atoms with Gasteiger partial charge in [0.15, 0.2) is 0 Å². The van der Waals surface area contributed by atoms with E-state index < -0.39 is 0 Å².